The van der Waals surface area contributed by atoms with Crippen molar-refractivity contribution in [1.29, 1.82) is 0 Å². The Morgan fingerprint density at radius 2 is 2.22 bits per heavy atom. The second-order valence-corrected chi connectivity index (χ2v) is 6.48. The SMILES string of the molecule is CCOC(=O)C(C)(C)n1cc(NC(=O)[C@@H]2CCC[C@@H]2CN)cn1. The summed E-state index contributed by atoms with van der Waals surface area (Å²) in [5, 5.41) is 7.07. The topological polar surface area (TPSA) is 99.2 Å². The van der Waals surface area contributed by atoms with Crippen LogP contribution in [0.25, 0.3) is 0 Å². The van der Waals surface area contributed by atoms with E-state index >= 15 is 0 Å². The van der Waals surface area contributed by atoms with E-state index in [1.807, 2.05) is 0 Å². The molecular formula is C16H26N4O3. The predicted octanol–water partition coefficient (Wildman–Crippen LogP) is 1.49. The number of nitrogens with zero attached hydrogens (tertiary/aromatic N) is 2. The molecule has 0 unspecified atom stereocenters. The summed E-state index contributed by atoms with van der Waals surface area (Å²) in [6.07, 6.45) is 6.11. The molecule has 1 aromatic heterocycles. The first-order valence-corrected chi connectivity index (χ1v) is 8.13. The molecule has 1 amide bonds. The van der Waals surface area contributed by atoms with Crippen molar-refractivity contribution in [3.05, 3.63) is 12.4 Å². The lowest BCUT2D eigenvalue weighted by molar-refractivity contribution is -0.152. The largest absolute Gasteiger partial charge is 0.464 e. The molecule has 2 rings (SSSR count). The quantitative estimate of drug-likeness (QED) is 0.773. The van der Waals surface area contributed by atoms with Crippen LogP contribution in [0.4, 0.5) is 5.69 Å². The maximum absolute atomic E-state index is 12.4. The van der Waals surface area contributed by atoms with Crippen LogP contribution >= 0.6 is 0 Å². The van der Waals surface area contributed by atoms with Crippen molar-refractivity contribution in [2.45, 2.75) is 45.6 Å². The number of anilines is 1. The van der Waals surface area contributed by atoms with Crippen LogP contribution in [0, 0.1) is 11.8 Å². The molecule has 7 nitrogen and oxygen atoms in total. The van der Waals surface area contributed by atoms with Crippen LogP contribution in [0.5, 0.6) is 0 Å². The highest BCUT2D eigenvalue weighted by molar-refractivity contribution is 5.92. The van der Waals surface area contributed by atoms with Gasteiger partial charge < -0.3 is 15.8 Å². The zero-order valence-electron chi connectivity index (χ0n) is 14.0. The molecule has 0 bridgehead atoms. The first-order chi connectivity index (χ1) is 10.9. The molecule has 0 radical (unpaired) electrons. The number of carbonyl (C=O) groups is 2. The summed E-state index contributed by atoms with van der Waals surface area (Å²) in [7, 11) is 0. The van der Waals surface area contributed by atoms with Gasteiger partial charge in [0.2, 0.25) is 5.91 Å². The van der Waals surface area contributed by atoms with Crippen LogP contribution < -0.4 is 11.1 Å². The van der Waals surface area contributed by atoms with Crippen molar-refractivity contribution in [3.8, 4) is 0 Å². The zero-order chi connectivity index (χ0) is 17.0. The number of esters is 1. The number of amides is 1. The van der Waals surface area contributed by atoms with Crippen molar-refractivity contribution < 1.29 is 14.3 Å². The highest BCUT2D eigenvalue weighted by Gasteiger charge is 2.34. The standard InChI is InChI=1S/C16H26N4O3/c1-4-23-15(22)16(2,3)20-10-12(9-18-20)19-14(21)13-7-5-6-11(13)8-17/h9-11,13H,4-8,17H2,1-3H3,(H,19,21)/t11-,13-/m1/s1. The molecule has 0 aromatic carbocycles. The fraction of sp³-hybridized carbons (Fsp3) is 0.688. The minimum absolute atomic E-state index is 0.0218. The number of hydrogen-bond acceptors (Lipinski definition) is 5. The van der Waals surface area contributed by atoms with E-state index in [-0.39, 0.29) is 23.7 Å². The first kappa shape index (κ1) is 17.5. The minimum atomic E-state index is -0.924. The van der Waals surface area contributed by atoms with Crippen molar-refractivity contribution >= 4 is 17.6 Å². The van der Waals surface area contributed by atoms with Gasteiger partial charge in [-0.3, -0.25) is 9.48 Å². The molecule has 1 heterocycles. The van der Waals surface area contributed by atoms with Gasteiger partial charge in [0.05, 0.1) is 18.5 Å². The van der Waals surface area contributed by atoms with Crippen LogP contribution in [0.3, 0.4) is 0 Å². The van der Waals surface area contributed by atoms with Crippen LogP contribution in [-0.2, 0) is 19.9 Å². The smallest absolute Gasteiger partial charge is 0.333 e. The van der Waals surface area contributed by atoms with Gasteiger partial charge in [-0.1, -0.05) is 6.42 Å². The van der Waals surface area contributed by atoms with E-state index in [4.69, 9.17) is 10.5 Å². The van der Waals surface area contributed by atoms with Gasteiger partial charge in [-0.05, 0) is 46.1 Å². The van der Waals surface area contributed by atoms with Crippen molar-refractivity contribution in [1.82, 2.24) is 9.78 Å². The summed E-state index contributed by atoms with van der Waals surface area (Å²) >= 11 is 0. The normalized spacial score (nSPS) is 21.2. The molecule has 0 saturated heterocycles. The summed E-state index contributed by atoms with van der Waals surface area (Å²) < 4.78 is 6.57. The zero-order valence-corrected chi connectivity index (χ0v) is 14.0. The lowest BCUT2D eigenvalue weighted by Crippen LogP contribution is -2.37. The predicted molar refractivity (Wildman–Crippen MR) is 86.7 cm³/mol. The van der Waals surface area contributed by atoms with E-state index < -0.39 is 5.54 Å². The number of carbonyl (C=O) groups excluding carboxylic acids is 2. The molecule has 0 aliphatic heterocycles. The third-order valence-electron chi connectivity index (χ3n) is 4.50. The van der Waals surface area contributed by atoms with Gasteiger partial charge in [0.25, 0.3) is 0 Å². The second-order valence-electron chi connectivity index (χ2n) is 6.48. The average Bonchev–Trinajstić information content (AvgIpc) is 3.16. The molecule has 1 saturated carbocycles. The molecule has 1 aliphatic rings. The summed E-state index contributed by atoms with van der Waals surface area (Å²) in [6.45, 7) is 6.07. The van der Waals surface area contributed by atoms with E-state index in [9.17, 15) is 9.59 Å². The third-order valence-corrected chi connectivity index (χ3v) is 4.50. The Morgan fingerprint density at radius 3 is 2.87 bits per heavy atom. The number of nitrogens with one attached hydrogen (secondary N) is 1. The Morgan fingerprint density at radius 1 is 1.48 bits per heavy atom. The fourth-order valence-electron chi connectivity index (χ4n) is 2.99. The fourth-order valence-corrected chi connectivity index (χ4v) is 2.99. The maximum atomic E-state index is 12.4. The van der Waals surface area contributed by atoms with Gasteiger partial charge in [0.15, 0.2) is 5.54 Å². The second kappa shape index (κ2) is 7.12. The first-order valence-electron chi connectivity index (χ1n) is 8.13. The summed E-state index contributed by atoms with van der Waals surface area (Å²) in [5.41, 5.74) is 5.38. The molecule has 3 N–H and O–H groups in total. The molecule has 2 atom stereocenters. The van der Waals surface area contributed by atoms with Gasteiger partial charge in [-0.2, -0.15) is 5.10 Å². The molecule has 7 heteroatoms. The lowest BCUT2D eigenvalue weighted by Gasteiger charge is -2.22. The Balaban J connectivity index is 2.05. The molecule has 1 fully saturated rings. The van der Waals surface area contributed by atoms with Crippen molar-refractivity contribution in [2.24, 2.45) is 17.6 Å². The number of nitrogens with two attached hydrogens (primary N) is 1. The molecule has 23 heavy (non-hydrogen) atoms. The van der Waals surface area contributed by atoms with E-state index in [0.29, 0.717) is 18.8 Å². The Hall–Kier alpha value is -1.89. The van der Waals surface area contributed by atoms with E-state index in [0.717, 1.165) is 19.3 Å². The summed E-state index contributed by atoms with van der Waals surface area (Å²) in [6, 6.07) is 0. The minimum Gasteiger partial charge on any atom is -0.464 e. The Kier molecular flexibility index (Phi) is 5.41. The molecule has 1 aromatic rings. The van der Waals surface area contributed by atoms with Crippen molar-refractivity contribution in [2.75, 3.05) is 18.5 Å². The van der Waals surface area contributed by atoms with Crippen molar-refractivity contribution in [3.63, 3.8) is 0 Å². The third kappa shape index (κ3) is 3.72. The van der Waals surface area contributed by atoms with Crippen LogP contribution in [-0.4, -0.2) is 34.8 Å². The van der Waals surface area contributed by atoms with Gasteiger partial charge in [0, 0.05) is 12.1 Å². The van der Waals surface area contributed by atoms with Crippen LogP contribution in [0.15, 0.2) is 12.4 Å². The van der Waals surface area contributed by atoms with Crippen LogP contribution in [0.1, 0.15) is 40.0 Å². The number of rotatable bonds is 6. The van der Waals surface area contributed by atoms with Gasteiger partial charge in [-0.25, -0.2) is 4.79 Å². The average molecular weight is 322 g/mol. The monoisotopic (exact) mass is 322 g/mol. The Labute approximate surface area is 136 Å². The van der Waals surface area contributed by atoms with E-state index in [1.165, 1.54) is 4.68 Å². The number of hydrogen-bond donors (Lipinski definition) is 2. The van der Waals surface area contributed by atoms with E-state index in [1.54, 1.807) is 33.2 Å². The Bertz CT molecular complexity index is 567. The molecular weight excluding hydrogens is 296 g/mol. The number of aromatic nitrogens is 2. The molecule has 128 valence electrons. The lowest BCUT2D eigenvalue weighted by atomic mass is 9.95. The van der Waals surface area contributed by atoms with E-state index in [2.05, 4.69) is 10.4 Å². The van der Waals surface area contributed by atoms with Gasteiger partial charge >= 0.3 is 5.97 Å². The summed E-state index contributed by atoms with van der Waals surface area (Å²) in [4.78, 5) is 24.4. The molecule has 0 spiro atoms. The van der Waals surface area contributed by atoms with Gasteiger partial charge in [-0.15, -0.1) is 0 Å². The number of ether oxygens (including phenoxy) is 1. The highest BCUT2D eigenvalue weighted by Crippen LogP contribution is 2.32. The van der Waals surface area contributed by atoms with Crippen LogP contribution in [0.2, 0.25) is 0 Å². The molecule has 1 aliphatic carbocycles. The highest BCUT2D eigenvalue weighted by atomic mass is 16.5. The van der Waals surface area contributed by atoms with Gasteiger partial charge in [0.1, 0.15) is 0 Å². The summed E-state index contributed by atoms with van der Waals surface area (Å²) in [5.74, 6) is -0.172. The maximum Gasteiger partial charge on any atom is 0.333 e.